The predicted molar refractivity (Wildman–Crippen MR) is 79.5 cm³/mol. The Bertz CT molecular complexity index is 559. The Labute approximate surface area is 114 Å². The van der Waals surface area contributed by atoms with Crippen molar-refractivity contribution in [3.05, 3.63) is 29.6 Å². The van der Waals surface area contributed by atoms with E-state index in [0.29, 0.717) is 0 Å². The van der Waals surface area contributed by atoms with Gasteiger partial charge in [-0.05, 0) is 50.4 Å². The van der Waals surface area contributed by atoms with Crippen LogP contribution >= 0.6 is 0 Å². The fourth-order valence-electron chi connectivity index (χ4n) is 3.35. The Balaban J connectivity index is 2.04. The zero-order valence-electron chi connectivity index (χ0n) is 11.9. The maximum atomic E-state index is 4.87. The van der Waals surface area contributed by atoms with E-state index in [1.54, 1.807) is 0 Å². The number of aryl methyl sites for hydroxylation is 1. The van der Waals surface area contributed by atoms with Gasteiger partial charge in [-0.25, -0.2) is 4.98 Å². The van der Waals surface area contributed by atoms with Gasteiger partial charge in [0.25, 0.3) is 0 Å². The van der Waals surface area contributed by atoms with Crippen molar-refractivity contribution in [2.24, 2.45) is 0 Å². The van der Waals surface area contributed by atoms with Gasteiger partial charge in [-0.15, -0.1) is 0 Å². The molecule has 1 aliphatic heterocycles. The molecule has 1 atom stereocenters. The lowest BCUT2D eigenvalue weighted by molar-refractivity contribution is 0.278. The van der Waals surface area contributed by atoms with Gasteiger partial charge in [0.15, 0.2) is 0 Å². The highest BCUT2D eigenvalue weighted by molar-refractivity contribution is 5.76. The Morgan fingerprint density at radius 1 is 1.37 bits per heavy atom. The number of aromatic amines is 1. The number of hydrogen-bond donors (Lipinski definition) is 2. The Morgan fingerprint density at radius 2 is 2.26 bits per heavy atom. The number of aromatic nitrogens is 2. The van der Waals surface area contributed by atoms with Gasteiger partial charge in [-0.1, -0.05) is 19.4 Å². The second kappa shape index (κ2) is 4.97. The van der Waals surface area contributed by atoms with Crippen molar-refractivity contribution in [1.29, 1.82) is 0 Å². The van der Waals surface area contributed by atoms with E-state index in [1.165, 1.54) is 42.6 Å². The first-order valence-corrected chi connectivity index (χ1v) is 7.41. The van der Waals surface area contributed by atoms with Crippen LogP contribution < -0.4 is 5.32 Å². The topological polar surface area (TPSA) is 40.7 Å². The van der Waals surface area contributed by atoms with Crippen molar-refractivity contribution in [3.63, 3.8) is 0 Å². The number of benzene rings is 1. The van der Waals surface area contributed by atoms with Crippen molar-refractivity contribution >= 4 is 11.0 Å². The summed E-state index contributed by atoms with van der Waals surface area (Å²) in [7, 11) is 0. The molecule has 0 saturated carbocycles. The molecule has 2 N–H and O–H groups in total. The molecule has 1 fully saturated rings. The van der Waals surface area contributed by atoms with Crippen molar-refractivity contribution in [3.8, 4) is 0 Å². The monoisotopic (exact) mass is 257 g/mol. The van der Waals surface area contributed by atoms with Gasteiger partial charge in [-0.3, -0.25) is 0 Å². The van der Waals surface area contributed by atoms with Gasteiger partial charge >= 0.3 is 0 Å². The molecule has 1 aliphatic rings. The van der Waals surface area contributed by atoms with Crippen LogP contribution in [0.3, 0.4) is 0 Å². The molecule has 1 unspecified atom stereocenters. The van der Waals surface area contributed by atoms with Crippen LogP contribution in [0.5, 0.6) is 0 Å². The van der Waals surface area contributed by atoms with E-state index in [9.17, 15) is 0 Å². The number of rotatable bonds is 3. The molecule has 1 aromatic heterocycles. The lowest BCUT2D eigenvalue weighted by atomic mass is 9.76. The minimum absolute atomic E-state index is 0.208. The Morgan fingerprint density at radius 3 is 3.00 bits per heavy atom. The highest BCUT2D eigenvalue weighted by atomic mass is 15.0. The van der Waals surface area contributed by atoms with Gasteiger partial charge < -0.3 is 10.3 Å². The Kier molecular flexibility index (Phi) is 3.31. The van der Waals surface area contributed by atoms with Gasteiger partial charge in [0.1, 0.15) is 5.82 Å². The van der Waals surface area contributed by atoms with E-state index >= 15 is 0 Å². The van der Waals surface area contributed by atoms with Crippen molar-refractivity contribution in [1.82, 2.24) is 15.3 Å². The molecule has 0 radical (unpaired) electrons. The zero-order chi connectivity index (χ0) is 13.3. The molecule has 1 aromatic carbocycles. The lowest BCUT2D eigenvalue weighted by Crippen LogP contribution is -2.44. The lowest BCUT2D eigenvalue weighted by Gasteiger charge is -2.36. The molecule has 2 aromatic rings. The predicted octanol–water partition coefficient (Wildman–Crippen LogP) is 3.29. The van der Waals surface area contributed by atoms with Gasteiger partial charge in [0, 0.05) is 12.0 Å². The van der Waals surface area contributed by atoms with Gasteiger partial charge in [0.05, 0.1) is 11.0 Å². The first-order chi connectivity index (χ1) is 9.23. The number of fused-ring (bicyclic) bond motifs is 1. The SMILES string of the molecule is CCCC1(c2nc3ccc(C)cc3[nH]2)CCCNC1. The summed E-state index contributed by atoms with van der Waals surface area (Å²) in [5, 5.41) is 3.55. The molecule has 19 heavy (non-hydrogen) atoms. The normalized spacial score (nSPS) is 23.9. The fraction of sp³-hybridized carbons (Fsp3) is 0.562. The second-order valence-corrected chi connectivity index (χ2v) is 5.92. The Hall–Kier alpha value is -1.35. The van der Waals surface area contributed by atoms with E-state index < -0.39 is 0 Å². The number of H-pyrrole nitrogens is 1. The summed E-state index contributed by atoms with van der Waals surface area (Å²) in [6.07, 6.45) is 4.90. The van der Waals surface area contributed by atoms with E-state index in [-0.39, 0.29) is 5.41 Å². The third-order valence-corrected chi connectivity index (χ3v) is 4.34. The molecule has 0 aliphatic carbocycles. The summed E-state index contributed by atoms with van der Waals surface area (Å²) >= 11 is 0. The molecular formula is C16H23N3. The van der Waals surface area contributed by atoms with E-state index in [2.05, 4.69) is 42.3 Å². The van der Waals surface area contributed by atoms with Crippen LogP contribution in [0, 0.1) is 6.92 Å². The maximum Gasteiger partial charge on any atom is 0.114 e. The first-order valence-electron chi connectivity index (χ1n) is 7.41. The number of piperidine rings is 1. The molecule has 3 heteroatoms. The van der Waals surface area contributed by atoms with E-state index in [1.807, 2.05) is 0 Å². The number of nitrogens with one attached hydrogen (secondary N) is 2. The summed E-state index contributed by atoms with van der Waals surface area (Å²) in [5.74, 6) is 1.18. The molecule has 1 saturated heterocycles. The van der Waals surface area contributed by atoms with Crippen LogP contribution in [-0.4, -0.2) is 23.1 Å². The van der Waals surface area contributed by atoms with Crippen LogP contribution in [0.15, 0.2) is 18.2 Å². The molecule has 0 bridgehead atoms. The number of imidazole rings is 1. The standard InChI is InChI=1S/C16H23N3/c1-3-7-16(8-4-9-17-11-16)15-18-13-6-5-12(2)10-14(13)19-15/h5-6,10,17H,3-4,7-9,11H2,1-2H3,(H,18,19). The molecule has 0 spiro atoms. The van der Waals surface area contributed by atoms with Crippen molar-refractivity contribution < 1.29 is 0 Å². The van der Waals surface area contributed by atoms with E-state index in [4.69, 9.17) is 4.98 Å². The second-order valence-electron chi connectivity index (χ2n) is 5.92. The highest BCUT2D eigenvalue weighted by Gasteiger charge is 2.35. The van der Waals surface area contributed by atoms with Crippen LogP contribution in [0.4, 0.5) is 0 Å². The summed E-state index contributed by atoms with van der Waals surface area (Å²) in [6, 6.07) is 6.46. The summed E-state index contributed by atoms with van der Waals surface area (Å²) in [6.45, 7) is 6.59. The van der Waals surface area contributed by atoms with Crippen LogP contribution in [0.1, 0.15) is 44.0 Å². The zero-order valence-corrected chi connectivity index (χ0v) is 11.9. The van der Waals surface area contributed by atoms with Crippen LogP contribution in [-0.2, 0) is 5.41 Å². The molecule has 2 heterocycles. The minimum atomic E-state index is 0.208. The van der Waals surface area contributed by atoms with E-state index in [0.717, 1.165) is 18.6 Å². The van der Waals surface area contributed by atoms with Gasteiger partial charge in [-0.2, -0.15) is 0 Å². The van der Waals surface area contributed by atoms with Crippen LogP contribution in [0.2, 0.25) is 0 Å². The quantitative estimate of drug-likeness (QED) is 0.886. The molecule has 0 amide bonds. The maximum absolute atomic E-state index is 4.87. The smallest absolute Gasteiger partial charge is 0.114 e. The average Bonchev–Trinajstić information content (AvgIpc) is 2.83. The first kappa shape index (κ1) is 12.7. The highest BCUT2D eigenvalue weighted by Crippen LogP contribution is 2.35. The summed E-state index contributed by atoms with van der Waals surface area (Å²) in [4.78, 5) is 8.45. The molecule has 102 valence electrons. The largest absolute Gasteiger partial charge is 0.341 e. The number of nitrogens with zero attached hydrogens (tertiary/aromatic N) is 1. The number of hydrogen-bond acceptors (Lipinski definition) is 2. The molecule has 3 rings (SSSR count). The van der Waals surface area contributed by atoms with Crippen LogP contribution in [0.25, 0.3) is 11.0 Å². The molecule has 3 nitrogen and oxygen atoms in total. The average molecular weight is 257 g/mol. The summed E-state index contributed by atoms with van der Waals surface area (Å²) < 4.78 is 0. The van der Waals surface area contributed by atoms with Crippen molar-refractivity contribution in [2.45, 2.75) is 44.9 Å². The third-order valence-electron chi connectivity index (χ3n) is 4.34. The minimum Gasteiger partial charge on any atom is -0.341 e. The summed E-state index contributed by atoms with van der Waals surface area (Å²) in [5.41, 5.74) is 3.77. The molecular weight excluding hydrogens is 234 g/mol. The van der Waals surface area contributed by atoms with Crippen molar-refractivity contribution in [2.75, 3.05) is 13.1 Å². The third kappa shape index (κ3) is 2.27. The van der Waals surface area contributed by atoms with Gasteiger partial charge in [0.2, 0.25) is 0 Å². The fourth-order valence-corrected chi connectivity index (χ4v) is 3.35.